The lowest BCUT2D eigenvalue weighted by molar-refractivity contribution is 0.310. The number of aromatic nitrogens is 2. The Kier molecular flexibility index (Phi) is 3.05. The van der Waals surface area contributed by atoms with E-state index in [9.17, 15) is 4.39 Å². The molecular weight excluding hydrogens is 241 g/mol. The molecule has 1 aliphatic rings. The smallest absolute Gasteiger partial charge is 0.125 e. The van der Waals surface area contributed by atoms with Crippen LogP contribution in [0.5, 0.6) is 0 Å². The Bertz CT molecular complexity index is 597. The van der Waals surface area contributed by atoms with E-state index >= 15 is 0 Å². The number of imidazole rings is 1. The van der Waals surface area contributed by atoms with E-state index < -0.39 is 0 Å². The van der Waals surface area contributed by atoms with Crippen LogP contribution in [0.15, 0.2) is 18.2 Å². The average molecular weight is 261 g/mol. The molecule has 0 unspecified atom stereocenters. The zero-order valence-corrected chi connectivity index (χ0v) is 11.5. The lowest BCUT2D eigenvalue weighted by Crippen LogP contribution is -2.39. The van der Waals surface area contributed by atoms with E-state index in [4.69, 9.17) is 4.98 Å². The number of hydrogen-bond acceptors (Lipinski definition) is 2. The summed E-state index contributed by atoms with van der Waals surface area (Å²) in [7, 11) is 0. The Morgan fingerprint density at radius 2 is 2.11 bits per heavy atom. The summed E-state index contributed by atoms with van der Waals surface area (Å²) >= 11 is 0. The molecule has 102 valence electrons. The minimum Gasteiger partial charge on any atom is -0.328 e. The van der Waals surface area contributed by atoms with Crippen molar-refractivity contribution in [2.75, 3.05) is 13.1 Å². The predicted octanol–water partition coefficient (Wildman–Crippen LogP) is 2.84. The summed E-state index contributed by atoms with van der Waals surface area (Å²) in [5.41, 5.74) is 1.91. The van der Waals surface area contributed by atoms with Gasteiger partial charge in [-0.25, -0.2) is 9.37 Å². The maximum atomic E-state index is 13.4. The Hall–Kier alpha value is -1.42. The van der Waals surface area contributed by atoms with E-state index in [2.05, 4.69) is 23.7 Å². The Labute approximate surface area is 112 Å². The fourth-order valence-electron chi connectivity index (χ4n) is 3.09. The number of piperidine rings is 1. The molecule has 2 heterocycles. The summed E-state index contributed by atoms with van der Waals surface area (Å²) in [6.45, 7) is 7.33. The van der Waals surface area contributed by atoms with Crippen LogP contribution in [-0.4, -0.2) is 22.6 Å². The minimum absolute atomic E-state index is 0.0940. The Balaban J connectivity index is 2.17. The monoisotopic (exact) mass is 261 g/mol. The summed E-state index contributed by atoms with van der Waals surface area (Å²) in [6, 6.07) is 4.90. The van der Waals surface area contributed by atoms with Crippen LogP contribution < -0.4 is 5.32 Å². The summed E-state index contributed by atoms with van der Waals surface area (Å²) in [5, 5.41) is 3.39. The molecular formula is C15H20FN3. The van der Waals surface area contributed by atoms with Crippen LogP contribution in [0.1, 0.15) is 32.5 Å². The fourth-order valence-corrected chi connectivity index (χ4v) is 3.09. The molecule has 1 saturated heterocycles. The first-order valence-corrected chi connectivity index (χ1v) is 7.01. The van der Waals surface area contributed by atoms with Crippen molar-refractivity contribution < 1.29 is 4.39 Å². The molecule has 0 spiro atoms. The van der Waals surface area contributed by atoms with Crippen molar-refractivity contribution >= 4 is 11.0 Å². The van der Waals surface area contributed by atoms with Gasteiger partial charge in [-0.05, 0) is 45.0 Å². The maximum Gasteiger partial charge on any atom is 0.125 e. The van der Waals surface area contributed by atoms with Gasteiger partial charge >= 0.3 is 0 Å². The number of rotatable bonds is 2. The summed E-state index contributed by atoms with van der Waals surface area (Å²) in [5.74, 6) is 0.896. The van der Waals surface area contributed by atoms with E-state index in [1.807, 2.05) is 6.07 Å². The molecule has 4 heteroatoms. The molecule has 1 fully saturated rings. The van der Waals surface area contributed by atoms with Crippen LogP contribution >= 0.6 is 0 Å². The van der Waals surface area contributed by atoms with Gasteiger partial charge in [0, 0.05) is 18.0 Å². The SMILES string of the molecule is CCn1c(C2(C)CCNCC2)nc2cc(F)ccc21. The molecule has 1 aromatic carbocycles. The summed E-state index contributed by atoms with van der Waals surface area (Å²) in [4.78, 5) is 4.73. The molecule has 0 amide bonds. The molecule has 1 aliphatic heterocycles. The highest BCUT2D eigenvalue weighted by Crippen LogP contribution is 2.34. The van der Waals surface area contributed by atoms with Crippen LogP contribution in [0.3, 0.4) is 0 Å². The molecule has 0 atom stereocenters. The van der Waals surface area contributed by atoms with Gasteiger partial charge in [0.05, 0.1) is 11.0 Å². The predicted molar refractivity (Wildman–Crippen MR) is 74.8 cm³/mol. The van der Waals surface area contributed by atoms with Gasteiger partial charge < -0.3 is 9.88 Å². The van der Waals surface area contributed by atoms with Crippen LogP contribution in [0.25, 0.3) is 11.0 Å². The number of halogens is 1. The maximum absolute atomic E-state index is 13.4. The zero-order chi connectivity index (χ0) is 13.5. The van der Waals surface area contributed by atoms with Crippen molar-refractivity contribution in [2.45, 2.75) is 38.6 Å². The summed E-state index contributed by atoms with van der Waals surface area (Å²) in [6.07, 6.45) is 2.16. The third-order valence-corrected chi connectivity index (χ3v) is 4.27. The number of fused-ring (bicyclic) bond motifs is 1. The van der Waals surface area contributed by atoms with E-state index in [0.29, 0.717) is 0 Å². The first kappa shape index (κ1) is 12.6. The van der Waals surface area contributed by atoms with Gasteiger partial charge in [0.25, 0.3) is 0 Å². The molecule has 0 bridgehead atoms. The van der Waals surface area contributed by atoms with Crippen molar-refractivity contribution in [1.82, 2.24) is 14.9 Å². The molecule has 1 N–H and O–H groups in total. The van der Waals surface area contributed by atoms with E-state index in [1.54, 1.807) is 0 Å². The number of aryl methyl sites for hydroxylation is 1. The van der Waals surface area contributed by atoms with Crippen LogP contribution in [0.4, 0.5) is 4.39 Å². The first-order chi connectivity index (χ1) is 9.14. The number of nitrogens with zero attached hydrogens (tertiary/aromatic N) is 2. The van der Waals surface area contributed by atoms with Crippen molar-refractivity contribution in [2.24, 2.45) is 0 Å². The van der Waals surface area contributed by atoms with Crippen molar-refractivity contribution in [3.63, 3.8) is 0 Å². The second-order valence-electron chi connectivity index (χ2n) is 5.62. The quantitative estimate of drug-likeness (QED) is 0.901. The standard InChI is InChI=1S/C15H20FN3/c1-3-19-13-5-4-11(16)10-12(13)18-14(19)15(2)6-8-17-9-7-15/h4-5,10,17H,3,6-9H2,1-2H3. The van der Waals surface area contributed by atoms with Gasteiger partial charge in [-0.3, -0.25) is 0 Å². The van der Waals surface area contributed by atoms with Crippen molar-refractivity contribution in [3.05, 3.63) is 29.8 Å². The van der Waals surface area contributed by atoms with Gasteiger partial charge in [-0.2, -0.15) is 0 Å². The van der Waals surface area contributed by atoms with E-state index in [-0.39, 0.29) is 11.2 Å². The lowest BCUT2D eigenvalue weighted by atomic mass is 9.80. The second-order valence-corrected chi connectivity index (χ2v) is 5.62. The van der Waals surface area contributed by atoms with Crippen molar-refractivity contribution in [1.29, 1.82) is 0 Å². The van der Waals surface area contributed by atoms with Crippen LogP contribution in [0.2, 0.25) is 0 Å². The fraction of sp³-hybridized carbons (Fsp3) is 0.533. The molecule has 0 radical (unpaired) electrons. The molecule has 0 saturated carbocycles. The van der Waals surface area contributed by atoms with Gasteiger partial charge in [0.2, 0.25) is 0 Å². The van der Waals surface area contributed by atoms with E-state index in [1.165, 1.54) is 12.1 Å². The number of benzene rings is 1. The van der Waals surface area contributed by atoms with Crippen LogP contribution in [-0.2, 0) is 12.0 Å². The minimum atomic E-state index is -0.213. The highest BCUT2D eigenvalue weighted by atomic mass is 19.1. The number of hydrogen-bond donors (Lipinski definition) is 1. The molecule has 1 aromatic heterocycles. The van der Waals surface area contributed by atoms with Gasteiger partial charge in [0.1, 0.15) is 11.6 Å². The second kappa shape index (κ2) is 4.60. The summed E-state index contributed by atoms with van der Waals surface area (Å²) < 4.78 is 15.6. The lowest BCUT2D eigenvalue weighted by Gasteiger charge is -2.33. The first-order valence-electron chi connectivity index (χ1n) is 7.01. The van der Waals surface area contributed by atoms with Crippen LogP contribution in [0, 0.1) is 5.82 Å². The van der Waals surface area contributed by atoms with Gasteiger partial charge in [-0.1, -0.05) is 6.92 Å². The third kappa shape index (κ3) is 2.04. The van der Waals surface area contributed by atoms with Gasteiger partial charge in [-0.15, -0.1) is 0 Å². The third-order valence-electron chi connectivity index (χ3n) is 4.27. The topological polar surface area (TPSA) is 29.9 Å². The molecule has 3 nitrogen and oxygen atoms in total. The molecule has 0 aliphatic carbocycles. The molecule has 3 rings (SSSR count). The molecule has 2 aromatic rings. The highest BCUT2D eigenvalue weighted by molar-refractivity contribution is 5.76. The largest absolute Gasteiger partial charge is 0.328 e. The van der Waals surface area contributed by atoms with Crippen molar-refractivity contribution in [3.8, 4) is 0 Å². The normalized spacial score (nSPS) is 18.9. The van der Waals surface area contributed by atoms with E-state index in [0.717, 1.165) is 49.3 Å². The zero-order valence-electron chi connectivity index (χ0n) is 11.5. The highest BCUT2D eigenvalue weighted by Gasteiger charge is 2.33. The number of nitrogens with one attached hydrogen (secondary N) is 1. The Morgan fingerprint density at radius 3 is 2.79 bits per heavy atom. The Morgan fingerprint density at radius 1 is 1.37 bits per heavy atom. The average Bonchev–Trinajstić information content (AvgIpc) is 2.78. The van der Waals surface area contributed by atoms with Gasteiger partial charge in [0.15, 0.2) is 0 Å². The molecule has 19 heavy (non-hydrogen) atoms.